The first-order valence-corrected chi connectivity index (χ1v) is 8.76. The lowest BCUT2D eigenvalue weighted by molar-refractivity contribution is -0.115. The summed E-state index contributed by atoms with van der Waals surface area (Å²) in [7, 11) is 0. The normalized spacial score (nSPS) is 11.8. The third-order valence-electron chi connectivity index (χ3n) is 2.77. The zero-order valence-electron chi connectivity index (χ0n) is 13.0. The molecule has 1 aromatic carbocycles. The van der Waals surface area contributed by atoms with Gasteiger partial charge >= 0.3 is 0 Å². The number of aromatic nitrogens is 2. The Balaban J connectivity index is 1.97. The fraction of sp³-hybridized carbons (Fsp3) is 0.333. The summed E-state index contributed by atoms with van der Waals surface area (Å²) in [6.07, 6.45) is 0. The lowest BCUT2D eigenvalue weighted by Gasteiger charge is -2.11. The van der Waals surface area contributed by atoms with E-state index in [0.29, 0.717) is 11.3 Å². The van der Waals surface area contributed by atoms with Crippen LogP contribution in [-0.4, -0.2) is 27.4 Å². The van der Waals surface area contributed by atoms with E-state index in [9.17, 15) is 4.79 Å². The van der Waals surface area contributed by atoms with Crippen LogP contribution in [0.5, 0.6) is 0 Å². The second kappa shape index (κ2) is 7.94. The second-order valence-corrected chi connectivity index (χ2v) is 7.64. The number of rotatable bonds is 6. The minimum Gasteiger partial charge on any atom is -0.358 e. The van der Waals surface area contributed by atoms with Gasteiger partial charge < -0.3 is 10.6 Å². The van der Waals surface area contributed by atoms with E-state index in [1.807, 2.05) is 13.8 Å². The molecule has 0 spiro atoms. The molecule has 1 atom stereocenters. The van der Waals surface area contributed by atoms with Crippen molar-refractivity contribution in [3.8, 4) is 6.07 Å². The maximum atomic E-state index is 12.3. The van der Waals surface area contributed by atoms with Crippen LogP contribution >= 0.6 is 23.1 Å². The lowest BCUT2D eigenvalue weighted by atomic mass is 10.2. The van der Waals surface area contributed by atoms with Crippen LogP contribution < -0.4 is 10.6 Å². The standard InChI is InChI=1S/C15H17N5OS2/c1-9(2)17-14-19-20-15(23-14)22-10(3)13(21)18-12-7-5-4-6-11(12)8-16/h4-7,9-10H,1-3H3,(H,17,19)(H,18,21)/t10-/m0/s1. The van der Waals surface area contributed by atoms with Crippen LogP contribution in [0.4, 0.5) is 10.8 Å². The van der Waals surface area contributed by atoms with Gasteiger partial charge in [-0.15, -0.1) is 10.2 Å². The molecule has 0 aliphatic rings. The van der Waals surface area contributed by atoms with E-state index >= 15 is 0 Å². The number of thioether (sulfide) groups is 1. The number of hydrogen-bond acceptors (Lipinski definition) is 7. The highest BCUT2D eigenvalue weighted by Crippen LogP contribution is 2.29. The molecule has 0 fully saturated rings. The molecule has 0 saturated carbocycles. The number of carbonyl (C=O) groups excluding carboxylic acids is 1. The van der Waals surface area contributed by atoms with Gasteiger partial charge in [-0.1, -0.05) is 35.2 Å². The Morgan fingerprint density at radius 3 is 2.74 bits per heavy atom. The van der Waals surface area contributed by atoms with E-state index in [0.717, 1.165) is 9.47 Å². The average Bonchev–Trinajstić information content (AvgIpc) is 2.93. The number of benzene rings is 1. The Bertz CT molecular complexity index is 723. The molecule has 0 bridgehead atoms. The monoisotopic (exact) mass is 347 g/mol. The molecule has 1 aromatic heterocycles. The van der Waals surface area contributed by atoms with Gasteiger partial charge in [0.1, 0.15) is 6.07 Å². The third kappa shape index (κ3) is 4.94. The van der Waals surface area contributed by atoms with Crippen molar-refractivity contribution < 1.29 is 4.79 Å². The Kier molecular flexibility index (Phi) is 5.96. The number of nitriles is 1. The highest BCUT2D eigenvalue weighted by atomic mass is 32.2. The molecule has 0 aliphatic carbocycles. The minimum absolute atomic E-state index is 0.175. The van der Waals surface area contributed by atoms with Gasteiger partial charge in [-0.25, -0.2) is 0 Å². The maximum Gasteiger partial charge on any atom is 0.237 e. The Morgan fingerprint density at radius 2 is 2.04 bits per heavy atom. The largest absolute Gasteiger partial charge is 0.358 e. The van der Waals surface area contributed by atoms with Gasteiger partial charge in [0.15, 0.2) is 4.34 Å². The molecule has 2 rings (SSSR count). The fourth-order valence-corrected chi connectivity index (χ4v) is 3.73. The van der Waals surface area contributed by atoms with Crippen LogP contribution in [-0.2, 0) is 4.79 Å². The van der Waals surface area contributed by atoms with Crippen LogP contribution in [0.15, 0.2) is 28.6 Å². The topological polar surface area (TPSA) is 90.7 Å². The average molecular weight is 347 g/mol. The van der Waals surface area contributed by atoms with E-state index in [4.69, 9.17) is 5.26 Å². The molecule has 23 heavy (non-hydrogen) atoms. The van der Waals surface area contributed by atoms with Crippen molar-refractivity contribution in [3.05, 3.63) is 29.8 Å². The predicted molar refractivity (Wildman–Crippen MR) is 93.8 cm³/mol. The molecule has 2 N–H and O–H groups in total. The van der Waals surface area contributed by atoms with Gasteiger partial charge in [-0.3, -0.25) is 4.79 Å². The summed E-state index contributed by atoms with van der Waals surface area (Å²) >= 11 is 2.76. The van der Waals surface area contributed by atoms with E-state index in [2.05, 4.69) is 26.9 Å². The van der Waals surface area contributed by atoms with Crippen molar-refractivity contribution in [2.24, 2.45) is 0 Å². The van der Waals surface area contributed by atoms with Gasteiger partial charge in [-0.2, -0.15) is 5.26 Å². The number of para-hydroxylation sites is 1. The SMILES string of the molecule is CC(C)Nc1nnc(S[C@@H](C)C(=O)Nc2ccccc2C#N)s1. The summed E-state index contributed by atoms with van der Waals surface area (Å²) in [4.78, 5) is 12.3. The van der Waals surface area contributed by atoms with Crippen molar-refractivity contribution >= 4 is 39.8 Å². The molecule has 6 nitrogen and oxygen atoms in total. The molecule has 8 heteroatoms. The number of amides is 1. The zero-order valence-corrected chi connectivity index (χ0v) is 14.7. The molecule has 0 saturated heterocycles. The smallest absolute Gasteiger partial charge is 0.237 e. The summed E-state index contributed by atoms with van der Waals surface area (Å²) in [5.41, 5.74) is 0.962. The van der Waals surface area contributed by atoms with Crippen molar-refractivity contribution in [1.82, 2.24) is 10.2 Å². The molecular weight excluding hydrogens is 330 g/mol. The van der Waals surface area contributed by atoms with Crippen molar-refractivity contribution in [2.45, 2.75) is 36.4 Å². The lowest BCUT2D eigenvalue weighted by Crippen LogP contribution is -2.22. The summed E-state index contributed by atoms with van der Waals surface area (Å²) in [5.74, 6) is -0.175. The van der Waals surface area contributed by atoms with E-state index in [1.165, 1.54) is 23.1 Å². The van der Waals surface area contributed by atoms with Gasteiger partial charge in [-0.05, 0) is 32.9 Å². The first-order valence-electron chi connectivity index (χ1n) is 7.06. The van der Waals surface area contributed by atoms with Crippen molar-refractivity contribution in [2.75, 3.05) is 10.6 Å². The summed E-state index contributed by atoms with van der Waals surface area (Å²) < 4.78 is 0.726. The van der Waals surface area contributed by atoms with Crippen LogP contribution in [0.2, 0.25) is 0 Å². The predicted octanol–water partition coefficient (Wildman–Crippen LogP) is 3.35. The Labute approximate surface area is 143 Å². The van der Waals surface area contributed by atoms with E-state index in [-0.39, 0.29) is 17.2 Å². The molecule has 0 unspecified atom stereocenters. The first kappa shape index (κ1) is 17.2. The number of anilines is 2. The summed E-state index contributed by atoms with van der Waals surface area (Å²) in [6.45, 7) is 5.85. The van der Waals surface area contributed by atoms with Gasteiger partial charge in [0, 0.05) is 6.04 Å². The highest BCUT2D eigenvalue weighted by Gasteiger charge is 2.18. The quantitative estimate of drug-likeness (QED) is 0.779. The molecule has 2 aromatic rings. The summed E-state index contributed by atoms with van der Waals surface area (Å²) in [6, 6.07) is 9.26. The molecule has 0 radical (unpaired) electrons. The second-order valence-electron chi connectivity index (χ2n) is 5.08. The first-order chi connectivity index (χ1) is 11.0. The van der Waals surface area contributed by atoms with Crippen LogP contribution in [0, 0.1) is 11.3 Å². The van der Waals surface area contributed by atoms with Crippen LogP contribution in [0.3, 0.4) is 0 Å². The molecule has 120 valence electrons. The van der Waals surface area contributed by atoms with E-state index < -0.39 is 0 Å². The van der Waals surface area contributed by atoms with Crippen LogP contribution in [0.25, 0.3) is 0 Å². The molecule has 1 heterocycles. The maximum absolute atomic E-state index is 12.3. The van der Waals surface area contributed by atoms with Gasteiger partial charge in [0.25, 0.3) is 0 Å². The van der Waals surface area contributed by atoms with Crippen molar-refractivity contribution in [1.29, 1.82) is 5.26 Å². The number of hydrogen-bond donors (Lipinski definition) is 2. The molecule has 0 aliphatic heterocycles. The highest BCUT2D eigenvalue weighted by molar-refractivity contribution is 8.02. The Hall–Kier alpha value is -2.11. The number of carbonyl (C=O) groups is 1. The third-order valence-corrected chi connectivity index (χ3v) is 4.81. The molecule has 1 amide bonds. The summed E-state index contributed by atoms with van der Waals surface area (Å²) in [5, 5.41) is 23.5. The zero-order chi connectivity index (χ0) is 16.8. The molecular formula is C15H17N5OS2. The van der Waals surface area contributed by atoms with E-state index in [1.54, 1.807) is 31.2 Å². The van der Waals surface area contributed by atoms with Crippen LogP contribution in [0.1, 0.15) is 26.3 Å². The fourth-order valence-electron chi connectivity index (χ4n) is 1.69. The number of nitrogens with one attached hydrogen (secondary N) is 2. The minimum atomic E-state index is -0.346. The van der Waals surface area contributed by atoms with Gasteiger partial charge in [0.05, 0.1) is 16.5 Å². The number of nitrogens with zero attached hydrogens (tertiary/aromatic N) is 3. The van der Waals surface area contributed by atoms with Gasteiger partial charge in [0.2, 0.25) is 11.0 Å². The van der Waals surface area contributed by atoms with Crippen molar-refractivity contribution in [3.63, 3.8) is 0 Å². The Morgan fingerprint density at radius 1 is 1.30 bits per heavy atom.